The molecule has 1 N–H and O–H groups in total. The topological polar surface area (TPSA) is 15.3 Å². The molecule has 1 atom stereocenters. The van der Waals surface area contributed by atoms with Crippen molar-refractivity contribution >= 4 is 0 Å². The molecule has 102 valence electrons. The molecule has 1 aliphatic carbocycles. The molecule has 2 heteroatoms. The van der Waals surface area contributed by atoms with Crippen LogP contribution in [0.5, 0.6) is 0 Å². The van der Waals surface area contributed by atoms with E-state index in [2.05, 4.69) is 45.0 Å². The summed E-state index contributed by atoms with van der Waals surface area (Å²) in [4.78, 5) is 2.70. The Labute approximate surface area is 108 Å². The molecule has 0 aromatic carbocycles. The molecule has 1 aliphatic rings. The highest BCUT2D eigenvalue weighted by molar-refractivity contribution is 4.85. The van der Waals surface area contributed by atoms with Crippen LogP contribution in [0.25, 0.3) is 0 Å². The minimum atomic E-state index is 0.344. The minimum Gasteiger partial charge on any atom is -0.315 e. The van der Waals surface area contributed by atoms with Gasteiger partial charge in [0.25, 0.3) is 0 Å². The second-order valence-corrected chi connectivity index (χ2v) is 6.59. The molecule has 1 fully saturated rings. The predicted molar refractivity (Wildman–Crippen MR) is 76.4 cm³/mol. The number of hydrogen-bond acceptors (Lipinski definition) is 2. The van der Waals surface area contributed by atoms with Crippen LogP contribution in [-0.4, -0.2) is 37.1 Å². The summed E-state index contributed by atoms with van der Waals surface area (Å²) in [5.74, 6) is 0. The zero-order chi connectivity index (χ0) is 12.9. The molecule has 0 bridgehead atoms. The first-order valence-corrected chi connectivity index (χ1v) is 7.40. The summed E-state index contributed by atoms with van der Waals surface area (Å²) >= 11 is 0. The highest BCUT2D eigenvalue weighted by Crippen LogP contribution is 2.25. The summed E-state index contributed by atoms with van der Waals surface area (Å²) < 4.78 is 0. The Morgan fingerprint density at radius 3 is 2.18 bits per heavy atom. The number of nitrogens with one attached hydrogen (secondary N) is 1. The quantitative estimate of drug-likeness (QED) is 0.793. The maximum absolute atomic E-state index is 3.50. The molecule has 0 radical (unpaired) electrons. The average molecular weight is 240 g/mol. The molecule has 0 amide bonds. The molecule has 1 rings (SSSR count). The van der Waals surface area contributed by atoms with Crippen molar-refractivity contribution in [2.75, 3.05) is 20.1 Å². The van der Waals surface area contributed by atoms with Crippen LogP contribution in [0, 0.1) is 5.41 Å². The second kappa shape index (κ2) is 6.75. The lowest BCUT2D eigenvalue weighted by atomic mass is 9.85. The SMILES string of the molecule is CCN(CC(NC)C(C)(C)C)C1CCCCC1. The predicted octanol–water partition coefficient (Wildman–Crippen LogP) is 3.28. The Hall–Kier alpha value is -0.0800. The number of hydrogen-bond donors (Lipinski definition) is 1. The largest absolute Gasteiger partial charge is 0.315 e. The summed E-state index contributed by atoms with van der Waals surface area (Å²) in [6.45, 7) is 11.7. The van der Waals surface area contributed by atoms with Gasteiger partial charge in [0.15, 0.2) is 0 Å². The van der Waals surface area contributed by atoms with Gasteiger partial charge in [-0.15, -0.1) is 0 Å². The van der Waals surface area contributed by atoms with E-state index >= 15 is 0 Å². The van der Waals surface area contributed by atoms with Gasteiger partial charge in [-0.05, 0) is 31.8 Å². The lowest BCUT2D eigenvalue weighted by Crippen LogP contribution is -2.50. The van der Waals surface area contributed by atoms with Gasteiger partial charge in [-0.1, -0.05) is 47.0 Å². The Bertz CT molecular complexity index is 201. The molecule has 0 spiro atoms. The summed E-state index contributed by atoms with van der Waals surface area (Å²) in [5.41, 5.74) is 0.344. The van der Waals surface area contributed by atoms with Crippen molar-refractivity contribution in [2.45, 2.75) is 71.9 Å². The van der Waals surface area contributed by atoms with Gasteiger partial charge in [-0.25, -0.2) is 0 Å². The summed E-state index contributed by atoms with van der Waals surface area (Å²) in [6, 6.07) is 1.43. The molecule has 2 nitrogen and oxygen atoms in total. The zero-order valence-corrected chi connectivity index (χ0v) is 12.6. The van der Waals surface area contributed by atoms with E-state index in [4.69, 9.17) is 0 Å². The highest BCUT2D eigenvalue weighted by atomic mass is 15.2. The van der Waals surface area contributed by atoms with Crippen molar-refractivity contribution in [1.29, 1.82) is 0 Å². The maximum Gasteiger partial charge on any atom is 0.0240 e. The molecular formula is C15H32N2. The van der Waals surface area contributed by atoms with Crippen LogP contribution in [-0.2, 0) is 0 Å². The molecule has 0 aromatic heterocycles. The molecular weight excluding hydrogens is 208 g/mol. The molecule has 0 saturated heterocycles. The van der Waals surface area contributed by atoms with Crippen molar-refractivity contribution in [1.82, 2.24) is 10.2 Å². The average Bonchev–Trinajstić information content (AvgIpc) is 2.30. The normalized spacial score (nSPS) is 20.8. The second-order valence-electron chi connectivity index (χ2n) is 6.59. The molecule has 0 aromatic rings. The van der Waals surface area contributed by atoms with E-state index in [0.717, 1.165) is 6.04 Å². The summed E-state index contributed by atoms with van der Waals surface area (Å²) in [7, 11) is 2.10. The van der Waals surface area contributed by atoms with Gasteiger partial charge in [0.2, 0.25) is 0 Å². The third-order valence-electron chi connectivity index (χ3n) is 4.31. The van der Waals surface area contributed by atoms with Gasteiger partial charge in [0.1, 0.15) is 0 Å². The van der Waals surface area contributed by atoms with Gasteiger partial charge in [-0.3, -0.25) is 4.90 Å². The van der Waals surface area contributed by atoms with Crippen LogP contribution >= 0.6 is 0 Å². The third-order valence-corrected chi connectivity index (χ3v) is 4.31. The molecule has 1 unspecified atom stereocenters. The van der Waals surface area contributed by atoms with Gasteiger partial charge >= 0.3 is 0 Å². The van der Waals surface area contributed by atoms with E-state index in [9.17, 15) is 0 Å². The Morgan fingerprint density at radius 2 is 1.76 bits per heavy atom. The van der Waals surface area contributed by atoms with Crippen LogP contribution in [0.4, 0.5) is 0 Å². The standard InChI is InChI=1S/C15H32N2/c1-6-17(13-10-8-7-9-11-13)12-14(16-5)15(2,3)4/h13-14,16H,6-12H2,1-5H3. The van der Waals surface area contributed by atoms with E-state index in [0.29, 0.717) is 11.5 Å². The fourth-order valence-corrected chi connectivity index (χ4v) is 3.02. The minimum absolute atomic E-state index is 0.344. The number of likely N-dealkylation sites (N-methyl/N-ethyl adjacent to an activating group) is 2. The Balaban J connectivity index is 2.54. The van der Waals surface area contributed by atoms with Crippen molar-refractivity contribution in [3.05, 3.63) is 0 Å². The maximum atomic E-state index is 3.50. The van der Waals surface area contributed by atoms with Crippen molar-refractivity contribution in [2.24, 2.45) is 5.41 Å². The fraction of sp³-hybridized carbons (Fsp3) is 1.00. The smallest absolute Gasteiger partial charge is 0.0240 e. The van der Waals surface area contributed by atoms with Crippen molar-refractivity contribution < 1.29 is 0 Å². The van der Waals surface area contributed by atoms with Crippen LogP contribution in [0.15, 0.2) is 0 Å². The van der Waals surface area contributed by atoms with E-state index < -0.39 is 0 Å². The Kier molecular flexibility index (Phi) is 5.94. The van der Waals surface area contributed by atoms with E-state index in [1.54, 1.807) is 0 Å². The third kappa shape index (κ3) is 4.59. The fourth-order valence-electron chi connectivity index (χ4n) is 3.02. The first kappa shape index (κ1) is 15.0. The summed E-state index contributed by atoms with van der Waals surface area (Å²) in [5, 5.41) is 3.50. The lowest BCUT2D eigenvalue weighted by molar-refractivity contribution is 0.119. The molecule has 1 saturated carbocycles. The van der Waals surface area contributed by atoms with Crippen LogP contribution in [0.2, 0.25) is 0 Å². The van der Waals surface area contributed by atoms with Crippen LogP contribution in [0.1, 0.15) is 59.8 Å². The van der Waals surface area contributed by atoms with Crippen molar-refractivity contribution in [3.63, 3.8) is 0 Å². The first-order valence-electron chi connectivity index (χ1n) is 7.40. The highest BCUT2D eigenvalue weighted by Gasteiger charge is 2.28. The van der Waals surface area contributed by atoms with Gasteiger partial charge in [0.05, 0.1) is 0 Å². The van der Waals surface area contributed by atoms with Gasteiger partial charge in [0, 0.05) is 18.6 Å². The molecule has 0 aliphatic heterocycles. The van der Waals surface area contributed by atoms with E-state index in [-0.39, 0.29) is 0 Å². The molecule has 0 heterocycles. The lowest BCUT2D eigenvalue weighted by Gasteiger charge is -2.39. The molecule has 17 heavy (non-hydrogen) atoms. The Morgan fingerprint density at radius 1 is 1.18 bits per heavy atom. The van der Waals surface area contributed by atoms with Crippen LogP contribution < -0.4 is 5.32 Å². The monoisotopic (exact) mass is 240 g/mol. The van der Waals surface area contributed by atoms with Crippen molar-refractivity contribution in [3.8, 4) is 0 Å². The number of rotatable bonds is 5. The number of nitrogens with zero attached hydrogens (tertiary/aromatic N) is 1. The van der Waals surface area contributed by atoms with E-state index in [1.807, 2.05) is 0 Å². The first-order chi connectivity index (χ1) is 7.99. The van der Waals surface area contributed by atoms with Crippen LogP contribution in [0.3, 0.4) is 0 Å². The zero-order valence-electron chi connectivity index (χ0n) is 12.6. The van der Waals surface area contributed by atoms with Gasteiger partial charge < -0.3 is 5.32 Å². The summed E-state index contributed by atoms with van der Waals surface area (Å²) in [6.07, 6.45) is 7.13. The van der Waals surface area contributed by atoms with E-state index in [1.165, 1.54) is 45.2 Å². The van der Waals surface area contributed by atoms with Gasteiger partial charge in [-0.2, -0.15) is 0 Å².